The molecule has 0 N–H and O–H groups in total. The maximum absolute atomic E-state index is 5.16. The highest BCUT2D eigenvalue weighted by atomic mass is 32.1. The minimum absolute atomic E-state index is 1.03. The molecule has 0 spiro atoms. The summed E-state index contributed by atoms with van der Waals surface area (Å²) in [7, 11) is 0. The molecule has 0 bridgehead atoms. The fourth-order valence-corrected chi connectivity index (χ4v) is 14.7. The molecule has 10 aromatic carbocycles. The van der Waals surface area contributed by atoms with E-state index in [-0.39, 0.29) is 0 Å². The summed E-state index contributed by atoms with van der Waals surface area (Å²) < 4.78 is 10.9. The van der Waals surface area contributed by atoms with Crippen LogP contribution in [0, 0.1) is 0 Å². The maximum Gasteiger partial charge on any atom is 0.124 e. The van der Waals surface area contributed by atoms with Crippen molar-refractivity contribution in [3.8, 4) is 28.2 Å². The van der Waals surface area contributed by atoms with Gasteiger partial charge in [-0.15, -0.1) is 22.7 Å². The van der Waals surface area contributed by atoms with Crippen molar-refractivity contribution in [2.75, 3.05) is 4.90 Å². The van der Waals surface area contributed by atoms with Crippen molar-refractivity contribution in [2.45, 2.75) is 0 Å². The number of rotatable bonds is 7. The van der Waals surface area contributed by atoms with Gasteiger partial charge in [0.05, 0.1) is 61.6 Å². The number of para-hydroxylation sites is 6. The molecule has 0 unspecified atom stereocenters. The fraction of sp³-hybridized carbons (Fsp3) is 0. The normalized spacial score (nSPS) is 12.1. The Hall–Kier alpha value is -9.86. The van der Waals surface area contributed by atoms with Crippen LogP contribution in [0.1, 0.15) is 0 Å². The molecule has 0 saturated heterocycles. The van der Waals surface area contributed by atoms with E-state index in [1.165, 1.54) is 79.3 Å². The standard InChI is InChI=1S/C70H42N6S2/c1-3-15-45(16-4-1)73(46-17-5-2-6-18-46)47-29-34-68-56(37-47)58-39-49(40-72-70(58)78-68)75-62-25-13-9-21-52(62)54-35-43(27-31-64(54)75)44-28-32-65-55(36-44)53-22-10-14-26-63(53)76(65)66-42-71-41-59-57-38-48(30-33-67(57)77-69(59)66)74-60-23-11-7-19-50(60)51-20-8-12-24-61(51)74/h1-42H. The lowest BCUT2D eigenvalue weighted by atomic mass is 10.0. The summed E-state index contributed by atoms with van der Waals surface area (Å²) in [6.45, 7) is 0. The Morgan fingerprint density at radius 1 is 0.308 bits per heavy atom. The van der Waals surface area contributed by atoms with Gasteiger partial charge in [0.1, 0.15) is 4.83 Å². The smallest absolute Gasteiger partial charge is 0.124 e. The van der Waals surface area contributed by atoms with E-state index in [0.717, 1.165) is 71.8 Å². The van der Waals surface area contributed by atoms with Crippen molar-refractivity contribution in [2.24, 2.45) is 0 Å². The van der Waals surface area contributed by atoms with Gasteiger partial charge in [-0.1, -0.05) is 121 Å². The number of fused-ring (bicyclic) bond motifs is 15. The van der Waals surface area contributed by atoms with Crippen molar-refractivity contribution in [3.05, 3.63) is 255 Å². The second-order valence-corrected chi connectivity index (χ2v) is 22.3. The van der Waals surface area contributed by atoms with Crippen LogP contribution < -0.4 is 4.90 Å². The van der Waals surface area contributed by atoms with Crippen molar-refractivity contribution < 1.29 is 0 Å². The minimum atomic E-state index is 1.03. The molecular weight excluding hydrogens is 989 g/mol. The first-order chi connectivity index (χ1) is 38.7. The summed E-state index contributed by atoms with van der Waals surface area (Å²) in [5.41, 5.74) is 16.0. The lowest BCUT2D eigenvalue weighted by Gasteiger charge is -2.25. The first-order valence-corrected chi connectivity index (χ1v) is 27.9. The van der Waals surface area contributed by atoms with E-state index in [4.69, 9.17) is 9.97 Å². The van der Waals surface area contributed by atoms with Crippen LogP contribution in [0.3, 0.4) is 0 Å². The quantitative estimate of drug-likeness (QED) is 0.160. The molecule has 0 fully saturated rings. The Morgan fingerprint density at radius 2 is 0.795 bits per heavy atom. The number of pyridine rings is 2. The van der Waals surface area contributed by atoms with Crippen molar-refractivity contribution in [1.29, 1.82) is 0 Å². The van der Waals surface area contributed by atoms with Crippen molar-refractivity contribution in [3.63, 3.8) is 0 Å². The molecule has 7 heterocycles. The van der Waals surface area contributed by atoms with Gasteiger partial charge in [-0.05, 0) is 126 Å². The minimum Gasteiger partial charge on any atom is -0.310 e. The average Bonchev–Trinajstić information content (AvgIpc) is 4.47. The molecule has 0 radical (unpaired) electrons. The monoisotopic (exact) mass is 1030 g/mol. The highest BCUT2D eigenvalue weighted by molar-refractivity contribution is 7.26. The number of aromatic nitrogens is 5. The lowest BCUT2D eigenvalue weighted by Crippen LogP contribution is -2.09. The number of hydrogen-bond acceptors (Lipinski definition) is 5. The maximum atomic E-state index is 5.16. The molecule has 78 heavy (non-hydrogen) atoms. The van der Waals surface area contributed by atoms with E-state index in [1.54, 1.807) is 11.3 Å². The Balaban J connectivity index is 0.775. The van der Waals surface area contributed by atoms with Crippen LogP contribution in [0.25, 0.3) is 134 Å². The zero-order valence-electron chi connectivity index (χ0n) is 41.7. The molecular formula is C70H42N6S2. The van der Waals surface area contributed by atoms with Crippen LogP contribution in [0.4, 0.5) is 17.1 Å². The largest absolute Gasteiger partial charge is 0.310 e. The van der Waals surface area contributed by atoms with E-state index >= 15 is 0 Å². The van der Waals surface area contributed by atoms with Gasteiger partial charge in [0.25, 0.3) is 0 Å². The number of thiophene rings is 2. The predicted octanol–water partition coefficient (Wildman–Crippen LogP) is 19.6. The van der Waals surface area contributed by atoms with Crippen LogP contribution in [-0.4, -0.2) is 23.7 Å². The van der Waals surface area contributed by atoms with E-state index in [0.29, 0.717) is 0 Å². The van der Waals surface area contributed by atoms with E-state index < -0.39 is 0 Å². The number of benzene rings is 10. The topological polar surface area (TPSA) is 43.8 Å². The van der Waals surface area contributed by atoms with E-state index in [1.807, 2.05) is 29.9 Å². The van der Waals surface area contributed by atoms with Crippen LogP contribution in [0.15, 0.2) is 255 Å². The molecule has 17 aromatic rings. The molecule has 6 nitrogen and oxygen atoms in total. The molecule has 0 amide bonds. The summed E-state index contributed by atoms with van der Waals surface area (Å²) in [5.74, 6) is 0. The summed E-state index contributed by atoms with van der Waals surface area (Å²) >= 11 is 3.59. The van der Waals surface area contributed by atoms with Crippen LogP contribution in [0.2, 0.25) is 0 Å². The number of anilines is 3. The molecule has 364 valence electrons. The third-order valence-corrected chi connectivity index (χ3v) is 18.2. The highest BCUT2D eigenvalue weighted by Gasteiger charge is 2.22. The summed E-state index contributed by atoms with van der Waals surface area (Å²) in [4.78, 5) is 13.5. The lowest BCUT2D eigenvalue weighted by molar-refractivity contribution is 1.16. The van der Waals surface area contributed by atoms with Gasteiger partial charge >= 0.3 is 0 Å². The van der Waals surface area contributed by atoms with Gasteiger partial charge in [0.2, 0.25) is 0 Å². The van der Waals surface area contributed by atoms with Crippen molar-refractivity contribution in [1.82, 2.24) is 23.7 Å². The molecule has 8 heteroatoms. The van der Waals surface area contributed by atoms with Gasteiger partial charge in [-0.3, -0.25) is 4.98 Å². The number of hydrogen-bond donors (Lipinski definition) is 0. The van der Waals surface area contributed by atoms with Gasteiger partial charge < -0.3 is 18.6 Å². The van der Waals surface area contributed by atoms with Crippen LogP contribution in [0.5, 0.6) is 0 Å². The Labute approximate surface area is 454 Å². The van der Waals surface area contributed by atoms with Gasteiger partial charge in [0.15, 0.2) is 0 Å². The molecule has 0 saturated carbocycles. The second-order valence-electron chi connectivity index (χ2n) is 20.2. The average molecular weight is 1030 g/mol. The first-order valence-electron chi connectivity index (χ1n) is 26.3. The third-order valence-electron chi connectivity index (χ3n) is 15.9. The Morgan fingerprint density at radius 3 is 1.42 bits per heavy atom. The Kier molecular flexibility index (Phi) is 9.36. The molecule has 0 atom stereocenters. The molecule has 0 aliphatic rings. The molecule has 0 aliphatic carbocycles. The van der Waals surface area contributed by atoms with Gasteiger partial charge in [-0.2, -0.15) is 0 Å². The van der Waals surface area contributed by atoms with E-state index in [2.05, 4.69) is 255 Å². The zero-order valence-corrected chi connectivity index (χ0v) is 43.4. The Bertz CT molecular complexity index is 5200. The van der Waals surface area contributed by atoms with E-state index in [9.17, 15) is 0 Å². The second kappa shape index (κ2) is 16.8. The zero-order chi connectivity index (χ0) is 51.0. The van der Waals surface area contributed by atoms with Crippen LogP contribution >= 0.6 is 22.7 Å². The fourth-order valence-electron chi connectivity index (χ4n) is 12.5. The first kappa shape index (κ1) is 43.4. The molecule has 0 aliphatic heterocycles. The van der Waals surface area contributed by atoms with Gasteiger partial charge in [0, 0.05) is 92.2 Å². The summed E-state index contributed by atoms with van der Waals surface area (Å²) in [5, 5.41) is 12.1. The molecule has 17 rings (SSSR count). The molecule has 7 aromatic heterocycles. The summed E-state index contributed by atoms with van der Waals surface area (Å²) in [6, 6.07) is 86.2. The van der Waals surface area contributed by atoms with Crippen molar-refractivity contribution >= 4 is 146 Å². The SMILES string of the molecule is c1ccc(N(c2ccccc2)c2ccc3sc4ncc(-n5c6ccccc6c6cc(-c7ccc8c(c7)c7ccccc7n8-c7cncc8c7sc7ccc(-n9c%10ccccc%10c%10ccccc%109)cc78)ccc65)cc4c3c2)cc1. The third kappa shape index (κ3) is 6.42. The highest BCUT2D eigenvalue weighted by Crippen LogP contribution is 2.45. The van der Waals surface area contributed by atoms with Gasteiger partial charge in [-0.25, -0.2) is 4.98 Å². The number of nitrogens with zero attached hydrogens (tertiary/aromatic N) is 6. The summed E-state index contributed by atoms with van der Waals surface area (Å²) in [6.07, 6.45) is 6.14. The predicted molar refractivity (Wildman–Crippen MR) is 331 cm³/mol. The van der Waals surface area contributed by atoms with Crippen LogP contribution in [-0.2, 0) is 0 Å².